The van der Waals surface area contributed by atoms with Crippen molar-refractivity contribution in [2.24, 2.45) is 0 Å². The zero-order valence-electron chi connectivity index (χ0n) is 16.1. The molecule has 0 radical (unpaired) electrons. The number of hydrogen-bond acceptors (Lipinski definition) is 5. The number of nitrogens with one attached hydrogen (secondary N) is 2. The van der Waals surface area contributed by atoms with Gasteiger partial charge in [-0.2, -0.15) is 0 Å². The Bertz CT molecular complexity index is 1270. The van der Waals surface area contributed by atoms with Crippen LogP contribution in [0, 0.1) is 11.6 Å². The molecule has 4 rings (SSSR count). The molecule has 0 unspecified atom stereocenters. The van der Waals surface area contributed by atoms with E-state index in [1.807, 2.05) is 18.2 Å². The summed E-state index contributed by atoms with van der Waals surface area (Å²) < 4.78 is 32.3. The lowest BCUT2D eigenvalue weighted by Gasteiger charge is -2.07. The molecule has 0 saturated heterocycles. The highest BCUT2D eigenvalue weighted by Crippen LogP contribution is 2.24. The zero-order chi connectivity index (χ0) is 21.8. The number of halogens is 2. The van der Waals surface area contributed by atoms with Crippen LogP contribution in [0.2, 0.25) is 0 Å². The Morgan fingerprint density at radius 2 is 1.84 bits per heavy atom. The number of aryl methyl sites for hydroxylation is 1. The van der Waals surface area contributed by atoms with Crippen molar-refractivity contribution in [3.63, 3.8) is 0 Å². The number of amides is 2. The molecule has 0 aliphatic rings. The summed E-state index contributed by atoms with van der Waals surface area (Å²) in [5.74, 6) is -2.16. The van der Waals surface area contributed by atoms with Crippen LogP contribution in [0.1, 0.15) is 22.8 Å². The lowest BCUT2D eigenvalue weighted by Crippen LogP contribution is -2.42. The van der Waals surface area contributed by atoms with E-state index in [4.69, 9.17) is 4.42 Å². The normalized spacial score (nSPS) is 10.8. The maximum absolute atomic E-state index is 13.8. The topological polar surface area (TPSA) is 97.1 Å². The number of rotatable bonds is 5. The first kappa shape index (κ1) is 20.1. The summed E-state index contributed by atoms with van der Waals surface area (Å²) in [6.07, 6.45) is 1.40. The van der Waals surface area contributed by atoms with Crippen molar-refractivity contribution in [3.8, 4) is 11.3 Å². The van der Waals surface area contributed by atoms with E-state index in [0.29, 0.717) is 5.52 Å². The molecule has 2 aromatic heterocycles. The van der Waals surface area contributed by atoms with Gasteiger partial charge < -0.3 is 4.42 Å². The largest absolute Gasteiger partial charge is 0.441 e. The Kier molecular flexibility index (Phi) is 5.65. The molecule has 2 amide bonds. The molecule has 0 spiro atoms. The molecule has 0 atom stereocenters. The first-order valence-electron chi connectivity index (χ1n) is 9.35. The van der Waals surface area contributed by atoms with Gasteiger partial charge in [0.25, 0.3) is 5.91 Å². The molecule has 31 heavy (non-hydrogen) atoms. The highest BCUT2D eigenvalue weighted by Gasteiger charge is 2.14. The van der Waals surface area contributed by atoms with Crippen LogP contribution in [0.3, 0.4) is 0 Å². The van der Waals surface area contributed by atoms with Crippen LogP contribution >= 0.6 is 0 Å². The number of hydrazine groups is 1. The van der Waals surface area contributed by atoms with Gasteiger partial charge in [0.1, 0.15) is 17.3 Å². The van der Waals surface area contributed by atoms with Crippen molar-refractivity contribution < 1.29 is 22.8 Å². The lowest BCUT2D eigenvalue weighted by atomic mass is 10.2. The minimum Gasteiger partial charge on any atom is -0.441 e. The molecule has 9 heteroatoms. The second-order valence-electron chi connectivity index (χ2n) is 6.63. The van der Waals surface area contributed by atoms with E-state index in [1.54, 1.807) is 18.2 Å². The number of nitrogens with zero attached hydrogens (tertiary/aromatic N) is 2. The Morgan fingerprint density at radius 3 is 2.68 bits per heavy atom. The number of para-hydroxylation sites is 1. The Hall–Kier alpha value is -4.14. The van der Waals surface area contributed by atoms with Crippen LogP contribution in [0.15, 0.2) is 65.2 Å². The first-order chi connectivity index (χ1) is 15.0. The van der Waals surface area contributed by atoms with Crippen molar-refractivity contribution in [2.45, 2.75) is 12.8 Å². The molecule has 7 nitrogen and oxygen atoms in total. The fraction of sp³-hybridized carbons (Fsp3) is 0.0909. The summed E-state index contributed by atoms with van der Waals surface area (Å²) in [4.78, 5) is 32.5. The smallest absolute Gasteiger partial charge is 0.288 e. The summed E-state index contributed by atoms with van der Waals surface area (Å²) in [5.41, 5.74) is 5.51. The number of oxazole rings is 1. The van der Waals surface area contributed by atoms with Crippen LogP contribution in [-0.2, 0) is 11.2 Å². The number of fused-ring (bicyclic) bond motifs is 1. The predicted molar refractivity (Wildman–Crippen MR) is 108 cm³/mol. The van der Waals surface area contributed by atoms with Crippen LogP contribution in [0.25, 0.3) is 22.2 Å². The third kappa shape index (κ3) is 4.72. The second kappa shape index (κ2) is 8.70. The highest BCUT2D eigenvalue weighted by atomic mass is 19.1. The fourth-order valence-corrected chi connectivity index (χ4v) is 2.91. The average molecular weight is 422 g/mol. The molecule has 4 aromatic rings. The maximum atomic E-state index is 13.8. The van der Waals surface area contributed by atoms with E-state index < -0.39 is 23.4 Å². The van der Waals surface area contributed by atoms with Crippen LogP contribution in [-0.4, -0.2) is 21.8 Å². The Labute approximate surface area is 175 Å². The van der Waals surface area contributed by atoms with Gasteiger partial charge in [0, 0.05) is 24.3 Å². The van der Waals surface area contributed by atoms with E-state index in [-0.39, 0.29) is 35.7 Å². The summed E-state index contributed by atoms with van der Waals surface area (Å²) in [6.45, 7) is 0. The minimum atomic E-state index is -0.773. The number of pyridine rings is 1. The average Bonchev–Trinajstić information content (AvgIpc) is 3.24. The summed E-state index contributed by atoms with van der Waals surface area (Å²) in [6, 6.07) is 13.8. The van der Waals surface area contributed by atoms with E-state index in [0.717, 1.165) is 17.5 Å². The van der Waals surface area contributed by atoms with Gasteiger partial charge in [0.15, 0.2) is 11.7 Å². The zero-order valence-corrected chi connectivity index (χ0v) is 16.1. The number of hydrogen-bond donors (Lipinski definition) is 2. The van der Waals surface area contributed by atoms with Gasteiger partial charge in [-0.05, 0) is 24.3 Å². The molecule has 2 heterocycles. The monoisotopic (exact) mass is 422 g/mol. The van der Waals surface area contributed by atoms with Crippen molar-refractivity contribution in [1.82, 2.24) is 20.8 Å². The highest BCUT2D eigenvalue weighted by molar-refractivity contribution is 5.95. The predicted octanol–water partition coefficient (Wildman–Crippen LogP) is 3.56. The minimum absolute atomic E-state index is 0.0305. The number of aromatic nitrogens is 2. The molecule has 2 N–H and O–H groups in total. The van der Waals surface area contributed by atoms with Crippen molar-refractivity contribution in [2.75, 3.05) is 0 Å². The molecule has 2 aromatic carbocycles. The summed E-state index contributed by atoms with van der Waals surface area (Å²) in [7, 11) is 0. The molecular weight excluding hydrogens is 406 g/mol. The number of carbonyl (C=O) groups excluding carboxylic acids is 2. The van der Waals surface area contributed by atoms with Crippen molar-refractivity contribution in [1.29, 1.82) is 0 Å². The Balaban J connectivity index is 1.30. The van der Waals surface area contributed by atoms with Gasteiger partial charge in [-0.3, -0.25) is 20.4 Å². The maximum Gasteiger partial charge on any atom is 0.288 e. The first-order valence-corrected chi connectivity index (χ1v) is 9.35. The molecular formula is C22H16F2N4O3. The Morgan fingerprint density at radius 1 is 1.00 bits per heavy atom. The second-order valence-corrected chi connectivity index (χ2v) is 6.63. The van der Waals surface area contributed by atoms with Gasteiger partial charge in [-0.15, -0.1) is 0 Å². The summed E-state index contributed by atoms with van der Waals surface area (Å²) in [5, 5.41) is 0.897. The fourth-order valence-electron chi connectivity index (χ4n) is 2.91. The lowest BCUT2D eigenvalue weighted by molar-refractivity contribution is -0.121. The van der Waals surface area contributed by atoms with Crippen molar-refractivity contribution >= 4 is 22.7 Å². The van der Waals surface area contributed by atoms with Gasteiger partial charge in [-0.1, -0.05) is 24.3 Å². The molecule has 0 bridgehead atoms. The molecule has 0 saturated carbocycles. The van der Waals surface area contributed by atoms with Crippen LogP contribution in [0.5, 0.6) is 0 Å². The van der Waals surface area contributed by atoms with E-state index in [1.165, 1.54) is 12.3 Å². The van der Waals surface area contributed by atoms with Gasteiger partial charge in [0.2, 0.25) is 5.91 Å². The van der Waals surface area contributed by atoms with Crippen LogP contribution < -0.4 is 10.9 Å². The van der Waals surface area contributed by atoms with E-state index in [9.17, 15) is 18.4 Å². The SMILES string of the molecule is O=C(CCc1ncc(-c2ccc(F)cc2F)o1)NNC(=O)c1ccc2ccccc2n1. The number of carbonyl (C=O) groups is 2. The quantitative estimate of drug-likeness (QED) is 0.480. The van der Waals surface area contributed by atoms with Crippen molar-refractivity contribution in [3.05, 3.63) is 84.0 Å². The third-order valence-corrected chi connectivity index (χ3v) is 4.46. The number of benzene rings is 2. The van der Waals surface area contributed by atoms with E-state index in [2.05, 4.69) is 20.8 Å². The summed E-state index contributed by atoms with van der Waals surface area (Å²) >= 11 is 0. The van der Waals surface area contributed by atoms with Crippen LogP contribution in [0.4, 0.5) is 8.78 Å². The van der Waals surface area contributed by atoms with Gasteiger partial charge in [0.05, 0.1) is 17.3 Å². The van der Waals surface area contributed by atoms with Gasteiger partial charge in [-0.25, -0.2) is 18.7 Å². The molecule has 0 aliphatic heterocycles. The van der Waals surface area contributed by atoms with E-state index >= 15 is 0 Å². The molecule has 0 fully saturated rings. The standard InChI is InChI=1S/C22H16F2N4O3/c23-14-6-7-15(16(24)11-14)19-12-25-21(31-19)10-9-20(29)27-28-22(30)18-8-5-13-3-1-2-4-17(13)26-18/h1-8,11-12H,9-10H2,(H,27,29)(H,28,30). The van der Waals surface area contributed by atoms with Gasteiger partial charge >= 0.3 is 0 Å². The third-order valence-electron chi connectivity index (χ3n) is 4.46. The molecule has 156 valence electrons. The molecule has 0 aliphatic carbocycles.